The van der Waals surface area contributed by atoms with E-state index in [4.69, 9.17) is 11.6 Å². The van der Waals surface area contributed by atoms with Crippen molar-refractivity contribution in [3.8, 4) is 0 Å². The van der Waals surface area contributed by atoms with Gasteiger partial charge < -0.3 is 10.6 Å². The van der Waals surface area contributed by atoms with Crippen LogP contribution in [0.1, 0.15) is 34.2 Å². The van der Waals surface area contributed by atoms with E-state index >= 15 is 0 Å². The number of carbonyl (C=O) groups is 1. The van der Waals surface area contributed by atoms with Crippen LogP contribution in [-0.2, 0) is 24.3 Å². The first kappa shape index (κ1) is 25.4. The van der Waals surface area contributed by atoms with Crippen molar-refractivity contribution in [1.82, 2.24) is 15.5 Å². The molecule has 0 spiro atoms. The summed E-state index contributed by atoms with van der Waals surface area (Å²) in [5, 5.41) is 7.40. The van der Waals surface area contributed by atoms with E-state index in [0.29, 0.717) is 30.1 Å². The number of benzene rings is 3. The summed E-state index contributed by atoms with van der Waals surface area (Å²) in [6.07, 6.45) is 1.19. The highest BCUT2D eigenvalue weighted by atomic mass is 35.5. The number of carbonyl (C=O) groups excluding carboxylic acids is 1. The van der Waals surface area contributed by atoms with E-state index in [1.54, 1.807) is 12.1 Å². The Morgan fingerprint density at radius 3 is 2.69 bits per heavy atom. The van der Waals surface area contributed by atoms with Crippen LogP contribution < -0.4 is 10.6 Å². The first-order valence-electron chi connectivity index (χ1n) is 12.2. The second-order valence-electron chi connectivity index (χ2n) is 9.45. The number of amides is 1. The number of halogens is 2. The highest BCUT2D eigenvalue weighted by Gasteiger charge is 2.36. The molecule has 3 aromatic carbocycles. The van der Waals surface area contributed by atoms with Gasteiger partial charge >= 0.3 is 0 Å². The summed E-state index contributed by atoms with van der Waals surface area (Å²) in [6, 6.07) is 20.9. The summed E-state index contributed by atoms with van der Waals surface area (Å²) >= 11 is 6.20. The molecule has 1 fully saturated rings. The Bertz CT molecular complexity index is 1170. The third kappa shape index (κ3) is 6.91. The molecule has 0 bridgehead atoms. The van der Waals surface area contributed by atoms with Crippen LogP contribution in [0.5, 0.6) is 0 Å². The van der Waals surface area contributed by atoms with Crippen LogP contribution in [0.3, 0.4) is 0 Å². The molecule has 3 aromatic rings. The molecule has 2 atom stereocenters. The predicted octanol–water partition coefficient (Wildman–Crippen LogP) is 5.19. The van der Waals surface area contributed by atoms with Gasteiger partial charge in [-0.3, -0.25) is 9.69 Å². The van der Waals surface area contributed by atoms with E-state index in [0.717, 1.165) is 25.1 Å². The van der Waals surface area contributed by atoms with Gasteiger partial charge in [0.2, 0.25) is 5.91 Å². The lowest BCUT2D eigenvalue weighted by Gasteiger charge is -2.23. The summed E-state index contributed by atoms with van der Waals surface area (Å²) in [6.45, 7) is 6.82. The van der Waals surface area contributed by atoms with E-state index in [1.807, 2.05) is 30.3 Å². The molecule has 1 aliphatic rings. The molecule has 184 valence electrons. The zero-order chi connectivity index (χ0) is 24.8. The van der Waals surface area contributed by atoms with Gasteiger partial charge in [-0.1, -0.05) is 65.7 Å². The standard InChI is InChI=1S/C29H33ClFN3O/c1-20-10-11-21(2)24(14-20)17-33-26-16-28(34(19-26)18-22-6-5-8-25(30)15-22)29(35)32-13-12-23-7-3-4-9-27(23)31/h3-11,14-15,26,28,33H,12-13,16-19H2,1-2H3,(H,32,35)/t26-,28-/m0/s1. The van der Waals surface area contributed by atoms with Crippen LogP contribution >= 0.6 is 11.6 Å². The molecular formula is C29H33ClFN3O. The topological polar surface area (TPSA) is 44.4 Å². The summed E-state index contributed by atoms with van der Waals surface area (Å²) in [7, 11) is 0. The fourth-order valence-corrected chi connectivity index (χ4v) is 4.97. The van der Waals surface area contributed by atoms with Gasteiger partial charge in [0.15, 0.2) is 0 Å². The second-order valence-corrected chi connectivity index (χ2v) is 9.89. The zero-order valence-corrected chi connectivity index (χ0v) is 21.1. The van der Waals surface area contributed by atoms with Crippen LogP contribution in [0, 0.1) is 19.7 Å². The summed E-state index contributed by atoms with van der Waals surface area (Å²) < 4.78 is 13.9. The van der Waals surface area contributed by atoms with Gasteiger partial charge in [0.25, 0.3) is 0 Å². The minimum Gasteiger partial charge on any atom is -0.354 e. The van der Waals surface area contributed by atoms with Gasteiger partial charge in [0, 0.05) is 37.2 Å². The highest BCUT2D eigenvalue weighted by Crippen LogP contribution is 2.23. The Hall–Kier alpha value is -2.73. The average Bonchev–Trinajstić information content (AvgIpc) is 3.23. The van der Waals surface area contributed by atoms with Crippen molar-refractivity contribution >= 4 is 17.5 Å². The molecule has 1 aliphatic heterocycles. The average molecular weight is 494 g/mol. The molecule has 0 radical (unpaired) electrons. The first-order chi connectivity index (χ1) is 16.9. The Labute approximate surface area is 212 Å². The molecule has 2 N–H and O–H groups in total. The van der Waals surface area contributed by atoms with E-state index in [2.05, 4.69) is 47.6 Å². The number of aryl methyl sites for hydroxylation is 2. The van der Waals surface area contributed by atoms with Crippen LogP contribution in [-0.4, -0.2) is 36.0 Å². The summed E-state index contributed by atoms with van der Waals surface area (Å²) in [5.74, 6) is -0.250. The molecule has 6 heteroatoms. The molecule has 0 saturated carbocycles. The van der Waals surface area contributed by atoms with Crippen LogP contribution in [0.15, 0.2) is 66.7 Å². The van der Waals surface area contributed by atoms with E-state index < -0.39 is 0 Å². The van der Waals surface area contributed by atoms with E-state index in [1.165, 1.54) is 22.8 Å². The van der Waals surface area contributed by atoms with Crippen molar-refractivity contribution < 1.29 is 9.18 Å². The Morgan fingerprint density at radius 2 is 1.89 bits per heavy atom. The molecule has 1 saturated heterocycles. The van der Waals surface area contributed by atoms with Gasteiger partial charge in [0.1, 0.15) is 5.82 Å². The van der Waals surface area contributed by atoms with Crippen LogP contribution in [0.4, 0.5) is 4.39 Å². The lowest BCUT2D eigenvalue weighted by molar-refractivity contribution is -0.125. The molecule has 1 amide bonds. The Kier molecular flexibility index (Phi) is 8.55. The quantitative estimate of drug-likeness (QED) is 0.431. The number of hydrogen-bond acceptors (Lipinski definition) is 3. The van der Waals surface area contributed by atoms with Crippen molar-refractivity contribution in [1.29, 1.82) is 0 Å². The van der Waals surface area contributed by atoms with Crippen molar-refractivity contribution in [2.45, 2.75) is 51.9 Å². The van der Waals surface area contributed by atoms with Crippen molar-refractivity contribution in [2.24, 2.45) is 0 Å². The fourth-order valence-electron chi connectivity index (χ4n) is 4.75. The summed E-state index contributed by atoms with van der Waals surface area (Å²) in [5.41, 5.74) is 5.48. The maximum absolute atomic E-state index is 13.9. The third-order valence-electron chi connectivity index (χ3n) is 6.72. The lowest BCUT2D eigenvalue weighted by atomic mass is 10.0. The molecule has 0 unspecified atom stereocenters. The van der Waals surface area contributed by atoms with Crippen molar-refractivity contribution in [3.63, 3.8) is 0 Å². The van der Waals surface area contributed by atoms with Crippen LogP contribution in [0.25, 0.3) is 0 Å². The molecule has 1 heterocycles. The van der Waals surface area contributed by atoms with Crippen LogP contribution in [0.2, 0.25) is 5.02 Å². The largest absolute Gasteiger partial charge is 0.354 e. The molecule has 0 aromatic heterocycles. The minimum absolute atomic E-state index is 0.0144. The van der Waals surface area contributed by atoms with Gasteiger partial charge in [-0.05, 0) is 67.1 Å². The van der Waals surface area contributed by atoms with Gasteiger partial charge in [-0.15, -0.1) is 0 Å². The number of rotatable bonds is 9. The number of hydrogen-bond donors (Lipinski definition) is 2. The third-order valence-corrected chi connectivity index (χ3v) is 6.95. The maximum Gasteiger partial charge on any atom is 0.237 e. The second kappa shape index (κ2) is 11.8. The summed E-state index contributed by atoms with van der Waals surface area (Å²) in [4.78, 5) is 15.4. The number of nitrogens with one attached hydrogen (secondary N) is 2. The molecular weight excluding hydrogens is 461 g/mol. The SMILES string of the molecule is Cc1ccc(C)c(CN[C@H]2C[C@@H](C(=O)NCCc3ccccc3F)N(Cc3cccc(Cl)c3)C2)c1. The lowest BCUT2D eigenvalue weighted by Crippen LogP contribution is -2.43. The molecule has 4 nitrogen and oxygen atoms in total. The van der Waals surface area contributed by atoms with Crippen molar-refractivity contribution in [2.75, 3.05) is 13.1 Å². The first-order valence-corrected chi connectivity index (χ1v) is 12.6. The van der Waals surface area contributed by atoms with Gasteiger partial charge in [0.05, 0.1) is 6.04 Å². The predicted molar refractivity (Wildman–Crippen MR) is 140 cm³/mol. The maximum atomic E-state index is 13.9. The number of nitrogens with zero attached hydrogens (tertiary/aromatic N) is 1. The van der Waals surface area contributed by atoms with E-state index in [9.17, 15) is 9.18 Å². The Balaban J connectivity index is 1.41. The highest BCUT2D eigenvalue weighted by molar-refractivity contribution is 6.30. The van der Waals surface area contributed by atoms with Gasteiger partial charge in [-0.25, -0.2) is 4.39 Å². The molecule has 4 rings (SSSR count). The smallest absolute Gasteiger partial charge is 0.237 e. The van der Waals surface area contributed by atoms with E-state index in [-0.39, 0.29) is 23.8 Å². The minimum atomic E-state index is -0.259. The van der Waals surface area contributed by atoms with Gasteiger partial charge in [-0.2, -0.15) is 0 Å². The fraction of sp³-hybridized carbons (Fsp3) is 0.345. The Morgan fingerprint density at radius 1 is 1.06 bits per heavy atom. The normalized spacial score (nSPS) is 18.1. The van der Waals surface area contributed by atoms with Crippen molar-refractivity contribution in [3.05, 3.63) is 105 Å². The molecule has 0 aliphatic carbocycles. The molecule has 35 heavy (non-hydrogen) atoms. The number of likely N-dealkylation sites (tertiary alicyclic amines) is 1. The monoisotopic (exact) mass is 493 g/mol. The zero-order valence-electron chi connectivity index (χ0n) is 20.4.